The summed E-state index contributed by atoms with van der Waals surface area (Å²) in [6.45, 7) is 1.51. The molecule has 0 aromatic heterocycles. The minimum atomic E-state index is -0.846. The third kappa shape index (κ3) is 3.48. The predicted molar refractivity (Wildman–Crippen MR) is 89.4 cm³/mol. The molecule has 3 rings (SSSR count). The quantitative estimate of drug-likeness (QED) is 0.854. The second-order valence-electron chi connectivity index (χ2n) is 6.18. The minimum absolute atomic E-state index is 0.149. The van der Waals surface area contributed by atoms with Crippen LogP contribution in [0.5, 0.6) is 0 Å². The van der Waals surface area contributed by atoms with Crippen molar-refractivity contribution in [1.29, 1.82) is 0 Å². The number of rotatable bonds is 4. The van der Waals surface area contributed by atoms with Gasteiger partial charge in [0, 0.05) is 37.8 Å². The van der Waals surface area contributed by atoms with Crippen LogP contribution in [0, 0.1) is 5.92 Å². The Kier molecular flexibility index (Phi) is 4.64. The molecule has 2 aliphatic rings. The van der Waals surface area contributed by atoms with E-state index in [0.717, 1.165) is 24.2 Å². The summed E-state index contributed by atoms with van der Waals surface area (Å²) in [4.78, 5) is 38.1. The highest BCUT2D eigenvalue weighted by Gasteiger charge is 2.29. The van der Waals surface area contributed by atoms with Crippen LogP contribution < -0.4 is 4.90 Å². The molecule has 2 amide bonds. The number of carbonyl (C=O) groups excluding carboxylic acids is 2. The van der Waals surface area contributed by atoms with Crippen LogP contribution in [-0.4, -0.2) is 47.4 Å². The Morgan fingerprint density at radius 3 is 2.50 bits per heavy atom. The number of amides is 2. The number of aliphatic carboxylic acids is 1. The normalized spacial score (nSPS) is 21.0. The second kappa shape index (κ2) is 6.86. The van der Waals surface area contributed by atoms with E-state index in [2.05, 4.69) is 0 Å². The van der Waals surface area contributed by atoms with Gasteiger partial charge in [0.05, 0.1) is 5.92 Å². The standard InChI is InChI=1S/C18H20N2O4/c21-16(19-11-9-14(12-19)18(23)24)8-5-13-3-6-15(7-4-13)20-10-1-2-17(20)22/h3-8,14H,1-2,9-12H2,(H,23,24). The zero-order valence-corrected chi connectivity index (χ0v) is 13.4. The van der Waals surface area contributed by atoms with Crippen molar-refractivity contribution in [3.63, 3.8) is 0 Å². The number of benzene rings is 1. The van der Waals surface area contributed by atoms with Gasteiger partial charge in [0.1, 0.15) is 0 Å². The average molecular weight is 328 g/mol. The van der Waals surface area contributed by atoms with E-state index in [-0.39, 0.29) is 18.4 Å². The molecule has 1 N–H and O–H groups in total. The zero-order chi connectivity index (χ0) is 17.1. The Hall–Kier alpha value is -2.63. The van der Waals surface area contributed by atoms with Crippen molar-refractivity contribution in [3.05, 3.63) is 35.9 Å². The molecule has 2 aliphatic heterocycles. The van der Waals surface area contributed by atoms with Crippen LogP contribution in [0.3, 0.4) is 0 Å². The molecule has 6 nitrogen and oxygen atoms in total. The molecule has 1 aromatic rings. The molecule has 2 saturated heterocycles. The molecular weight excluding hydrogens is 308 g/mol. The predicted octanol–water partition coefficient (Wildman–Crippen LogP) is 1.76. The topological polar surface area (TPSA) is 77.9 Å². The fourth-order valence-electron chi connectivity index (χ4n) is 3.12. The number of hydrogen-bond donors (Lipinski definition) is 1. The molecule has 1 aromatic carbocycles. The van der Waals surface area contributed by atoms with Crippen LogP contribution in [-0.2, 0) is 14.4 Å². The van der Waals surface area contributed by atoms with E-state index in [1.807, 2.05) is 24.3 Å². The zero-order valence-electron chi connectivity index (χ0n) is 13.4. The fraction of sp³-hybridized carbons (Fsp3) is 0.389. The molecule has 0 saturated carbocycles. The first-order valence-electron chi connectivity index (χ1n) is 8.15. The molecule has 1 atom stereocenters. The van der Waals surface area contributed by atoms with Gasteiger partial charge in [0.2, 0.25) is 11.8 Å². The fourth-order valence-corrected chi connectivity index (χ4v) is 3.12. The van der Waals surface area contributed by atoms with Crippen LogP contribution in [0.15, 0.2) is 30.3 Å². The summed E-state index contributed by atoms with van der Waals surface area (Å²) >= 11 is 0. The van der Waals surface area contributed by atoms with Crippen molar-refractivity contribution < 1.29 is 19.5 Å². The van der Waals surface area contributed by atoms with Gasteiger partial charge in [-0.25, -0.2) is 0 Å². The van der Waals surface area contributed by atoms with Gasteiger partial charge in [-0.3, -0.25) is 14.4 Å². The number of anilines is 1. The maximum Gasteiger partial charge on any atom is 0.308 e. The number of likely N-dealkylation sites (tertiary alicyclic amines) is 1. The van der Waals surface area contributed by atoms with Gasteiger partial charge in [-0.2, -0.15) is 0 Å². The molecule has 0 aliphatic carbocycles. The summed E-state index contributed by atoms with van der Waals surface area (Å²) in [7, 11) is 0. The van der Waals surface area contributed by atoms with Crippen molar-refractivity contribution in [1.82, 2.24) is 4.90 Å². The Labute approximate surface area is 140 Å². The maximum atomic E-state index is 12.1. The number of carboxylic acid groups (broad SMARTS) is 1. The van der Waals surface area contributed by atoms with Gasteiger partial charge in [0.15, 0.2) is 0 Å². The molecule has 1 unspecified atom stereocenters. The summed E-state index contributed by atoms with van der Waals surface area (Å²) in [5.41, 5.74) is 1.75. The van der Waals surface area contributed by atoms with Gasteiger partial charge in [-0.15, -0.1) is 0 Å². The Balaban J connectivity index is 1.59. The molecule has 0 spiro atoms. The molecule has 6 heteroatoms. The Morgan fingerprint density at radius 1 is 1.17 bits per heavy atom. The van der Waals surface area contributed by atoms with E-state index in [9.17, 15) is 14.4 Å². The highest BCUT2D eigenvalue weighted by Crippen LogP contribution is 2.22. The summed E-state index contributed by atoms with van der Waals surface area (Å²) in [6.07, 6.45) is 5.19. The average Bonchev–Trinajstić information content (AvgIpc) is 3.22. The number of nitrogens with zero attached hydrogens (tertiary/aromatic N) is 2. The first-order chi connectivity index (χ1) is 11.5. The summed E-state index contributed by atoms with van der Waals surface area (Å²) in [6, 6.07) is 7.50. The van der Waals surface area contributed by atoms with Crippen molar-refractivity contribution in [2.45, 2.75) is 19.3 Å². The van der Waals surface area contributed by atoms with E-state index in [1.165, 1.54) is 6.08 Å². The van der Waals surface area contributed by atoms with Crippen molar-refractivity contribution >= 4 is 29.5 Å². The largest absolute Gasteiger partial charge is 0.481 e. The van der Waals surface area contributed by atoms with E-state index < -0.39 is 11.9 Å². The third-order valence-electron chi connectivity index (χ3n) is 4.55. The van der Waals surface area contributed by atoms with Crippen LogP contribution in [0.25, 0.3) is 6.08 Å². The summed E-state index contributed by atoms with van der Waals surface area (Å²) in [5, 5.41) is 8.97. The lowest BCUT2D eigenvalue weighted by Crippen LogP contribution is -2.28. The molecule has 24 heavy (non-hydrogen) atoms. The van der Waals surface area contributed by atoms with Gasteiger partial charge >= 0.3 is 5.97 Å². The highest BCUT2D eigenvalue weighted by molar-refractivity contribution is 5.95. The number of carboxylic acids is 1. The molecule has 2 heterocycles. The molecular formula is C18H20N2O4. The maximum absolute atomic E-state index is 12.1. The van der Waals surface area contributed by atoms with Gasteiger partial charge in [-0.05, 0) is 36.6 Å². The molecule has 126 valence electrons. The SMILES string of the molecule is O=C(O)C1CCN(C(=O)C=Cc2ccc(N3CCCC3=O)cc2)C1. The van der Waals surface area contributed by atoms with Crippen LogP contribution >= 0.6 is 0 Å². The van der Waals surface area contributed by atoms with Crippen LogP contribution in [0.2, 0.25) is 0 Å². The minimum Gasteiger partial charge on any atom is -0.481 e. The smallest absolute Gasteiger partial charge is 0.308 e. The lowest BCUT2D eigenvalue weighted by molar-refractivity contribution is -0.141. The lowest BCUT2D eigenvalue weighted by Gasteiger charge is -2.15. The Bertz CT molecular complexity index is 681. The first kappa shape index (κ1) is 16.2. The highest BCUT2D eigenvalue weighted by atomic mass is 16.4. The molecule has 0 bridgehead atoms. The van der Waals surface area contributed by atoms with Gasteiger partial charge in [0.25, 0.3) is 0 Å². The van der Waals surface area contributed by atoms with Gasteiger partial charge < -0.3 is 14.9 Å². The van der Waals surface area contributed by atoms with Crippen LogP contribution in [0.1, 0.15) is 24.8 Å². The van der Waals surface area contributed by atoms with Crippen molar-refractivity contribution in [2.75, 3.05) is 24.5 Å². The lowest BCUT2D eigenvalue weighted by atomic mass is 10.1. The molecule has 2 fully saturated rings. The van der Waals surface area contributed by atoms with Crippen LogP contribution in [0.4, 0.5) is 5.69 Å². The first-order valence-corrected chi connectivity index (χ1v) is 8.15. The number of hydrogen-bond acceptors (Lipinski definition) is 3. The van der Waals surface area contributed by atoms with E-state index in [0.29, 0.717) is 19.4 Å². The second-order valence-corrected chi connectivity index (χ2v) is 6.18. The number of carbonyl (C=O) groups is 3. The van der Waals surface area contributed by atoms with E-state index >= 15 is 0 Å². The summed E-state index contributed by atoms with van der Waals surface area (Å²) in [5.74, 6) is -1.33. The molecule has 0 radical (unpaired) electrons. The van der Waals surface area contributed by atoms with Crippen molar-refractivity contribution in [2.24, 2.45) is 5.92 Å². The van der Waals surface area contributed by atoms with E-state index in [4.69, 9.17) is 5.11 Å². The monoisotopic (exact) mass is 328 g/mol. The Morgan fingerprint density at radius 2 is 1.92 bits per heavy atom. The van der Waals surface area contributed by atoms with Crippen molar-refractivity contribution in [3.8, 4) is 0 Å². The van der Waals surface area contributed by atoms with E-state index in [1.54, 1.807) is 15.9 Å². The van der Waals surface area contributed by atoms with Gasteiger partial charge in [-0.1, -0.05) is 12.1 Å². The summed E-state index contributed by atoms with van der Waals surface area (Å²) < 4.78 is 0. The third-order valence-corrected chi connectivity index (χ3v) is 4.55.